The summed E-state index contributed by atoms with van der Waals surface area (Å²) in [7, 11) is 1.32. The fourth-order valence-corrected chi connectivity index (χ4v) is 1.42. The molecule has 0 saturated heterocycles. The first kappa shape index (κ1) is 12.4. The summed E-state index contributed by atoms with van der Waals surface area (Å²) in [6.07, 6.45) is 1.56. The summed E-state index contributed by atoms with van der Waals surface area (Å²) in [6, 6.07) is 3.45. The Labute approximate surface area is 94.7 Å². The number of hydrogen-bond donors (Lipinski definition) is 1. The van der Waals surface area contributed by atoms with Crippen molar-refractivity contribution in [1.29, 1.82) is 0 Å². The molecule has 0 aliphatic heterocycles. The van der Waals surface area contributed by atoms with E-state index in [9.17, 15) is 4.79 Å². The molecule has 0 bridgehead atoms. The first-order chi connectivity index (χ1) is 7.72. The lowest BCUT2D eigenvalue weighted by Crippen LogP contribution is -2.26. The van der Waals surface area contributed by atoms with Gasteiger partial charge in [-0.25, -0.2) is 9.78 Å². The van der Waals surface area contributed by atoms with Crippen LogP contribution >= 0.6 is 0 Å². The predicted molar refractivity (Wildman–Crippen MR) is 60.5 cm³/mol. The highest BCUT2D eigenvalue weighted by atomic mass is 16.5. The van der Waals surface area contributed by atoms with Gasteiger partial charge in [-0.15, -0.1) is 0 Å². The summed E-state index contributed by atoms with van der Waals surface area (Å²) in [4.78, 5) is 17.2. The molecule has 1 aromatic rings. The second kappa shape index (κ2) is 6.07. The van der Waals surface area contributed by atoms with Crippen molar-refractivity contribution in [2.24, 2.45) is 0 Å². The normalized spacial score (nSPS) is 9.94. The molecule has 0 amide bonds. The van der Waals surface area contributed by atoms with E-state index in [4.69, 9.17) is 5.11 Å². The molecular weight excluding hydrogens is 208 g/mol. The number of esters is 1. The minimum atomic E-state index is -0.457. The number of aliphatic hydroxyl groups excluding tert-OH is 1. The first-order valence-electron chi connectivity index (χ1n) is 5.13. The van der Waals surface area contributed by atoms with Gasteiger partial charge in [0, 0.05) is 25.0 Å². The molecule has 5 heteroatoms. The van der Waals surface area contributed by atoms with Crippen LogP contribution < -0.4 is 4.90 Å². The van der Waals surface area contributed by atoms with Crippen LogP contribution in [0.5, 0.6) is 0 Å². The molecule has 0 fully saturated rings. The molecule has 1 heterocycles. The highest BCUT2D eigenvalue weighted by Gasteiger charge is 2.10. The van der Waals surface area contributed by atoms with Crippen LogP contribution in [0.1, 0.15) is 17.4 Å². The fraction of sp³-hybridized carbons (Fsp3) is 0.455. The van der Waals surface area contributed by atoms with Crippen LogP contribution in [0.4, 0.5) is 5.69 Å². The maximum atomic E-state index is 11.3. The summed E-state index contributed by atoms with van der Waals surface area (Å²) in [5.41, 5.74) is 1.13. The standard InChI is InChI=1S/C11H16N2O3/c1-3-13(6-7-14)9-4-5-12-10(8-9)11(15)16-2/h4-5,8,14H,3,6-7H2,1-2H3. The van der Waals surface area contributed by atoms with Crippen LogP contribution in [0, 0.1) is 0 Å². The molecule has 0 saturated carbocycles. The molecule has 1 N–H and O–H groups in total. The molecule has 0 unspecified atom stereocenters. The Balaban J connectivity index is 2.92. The lowest BCUT2D eigenvalue weighted by atomic mass is 10.3. The molecule has 1 rings (SSSR count). The van der Waals surface area contributed by atoms with Gasteiger partial charge < -0.3 is 14.7 Å². The second-order valence-electron chi connectivity index (χ2n) is 3.19. The Morgan fingerprint density at radius 1 is 1.62 bits per heavy atom. The number of ether oxygens (including phenoxy) is 1. The molecule has 88 valence electrons. The SMILES string of the molecule is CCN(CCO)c1ccnc(C(=O)OC)c1. The summed E-state index contributed by atoms with van der Waals surface area (Å²) in [5.74, 6) is -0.457. The lowest BCUT2D eigenvalue weighted by Gasteiger charge is -2.21. The van der Waals surface area contributed by atoms with Crippen LogP contribution in [0.25, 0.3) is 0 Å². The zero-order chi connectivity index (χ0) is 12.0. The van der Waals surface area contributed by atoms with Gasteiger partial charge in [0.1, 0.15) is 5.69 Å². The average Bonchev–Trinajstić information content (AvgIpc) is 2.35. The second-order valence-corrected chi connectivity index (χ2v) is 3.19. The number of anilines is 1. The third kappa shape index (κ3) is 2.93. The Kier molecular flexibility index (Phi) is 4.72. The van der Waals surface area contributed by atoms with Crippen molar-refractivity contribution in [3.05, 3.63) is 24.0 Å². The number of pyridine rings is 1. The minimum absolute atomic E-state index is 0.0731. The molecule has 0 radical (unpaired) electrons. The van der Waals surface area contributed by atoms with Crippen molar-refractivity contribution in [3.8, 4) is 0 Å². The number of hydrogen-bond acceptors (Lipinski definition) is 5. The van der Waals surface area contributed by atoms with Crippen LogP contribution in [-0.4, -0.2) is 42.9 Å². The van der Waals surface area contributed by atoms with Crippen LogP contribution in [0.3, 0.4) is 0 Å². The first-order valence-corrected chi connectivity index (χ1v) is 5.13. The number of carbonyl (C=O) groups is 1. The van der Waals surface area contributed by atoms with Gasteiger partial charge in [0.15, 0.2) is 0 Å². The zero-order valence-electron chi connectivity index (χ0n) is 9.51. The molecule has 5 nitrogen and oxygen atoms in total. The number of rotatable bonds is 5. The molecule has 0 spiro atoms. The number of aromatic nitrogens is 1. The quantitative estimate of drug-likeness (QED) is 0.745. The van der Waals surface area contributed by atoms with Crippen molar-refractivity contribution >= 4 is 11.7 Å². The van der Waals surface area contributed by atoms with Gasteiger partial charge in [0.2, 0.25) is 0 Å². The van der Waals surface area contributed by atoms with Crippen molar-refractivity contribution in [1.82, 2.24) is 4.98 Å². The summed E-state index contributed by atoms with van der Waals surface area (Å²) in [5, 5.41) is 8.90. The molecule has 0 atom stereocenters. The monoisotopic (exact) mass is 224 g/mol. The third-order valence-electron chi connectivity index (χ3n) is 2.25. The summed E-state index contributed by atoms with van der Waals surface area (Å²) in [6.45, 7) is 3.34. The highest BCUT2D eigenvalue weighted by molar-refractivity contribution is 5.88. The fourth-order valence-electron chi connectivity index (χ4n) is 1.42. The van der Waals surface area contributed by atoms with Crippen molar-refractivity contribution in [2.75, 3.05) is 31.7 Å². The number of aliphatic hydroxyl groups is 1. The van der Waals surface area contributed by atoms with Gasteiger partial charge in [-0.1, -0.05) is 0 Å². The van der Waals surface area contributed by atoms with Gasteiger partial charge in [-0.3, -0.25) is 0 Å². The van der Waals surface area contributed by atoms with Gasteiger partial charge in [-0.05, 0) is 19.1 Å². The van der Waals surface area contributed by atoms with Crippen molar-refractivity contribution in [2.45, 2.75) is 6.92 Å². The highest BCUT2D eigenvalue weighted by Crippen LogP contribution is 2.14. The van der Waals surface area contributed by atoms with Gasteiger partial charge >= 0.3 is 5.97 Å². The van der Waals surface area contributed by atoms with Gasteiger partial charge in [0.25, 0.3) is 0 Å². The smallest absolute Gasteiger partial charge is 0.356 e. The number of carbonyl (C=O) groups excluding carboxylic acids is 1. The third-order valence-corrected chi connectivity index (χ3v) is 2.25. The summed E-state index contributed by atoms with van der Waals surface area (Å²) >= 11 is 0. The van der Waals surface area contributed by atoms with E-state index < -0.39 is 5.97 Å². The van der Waals surface area contributed by atoms with Gasteiger partial charge in [-0.2, -0.15) is 0 Å². The van der Waals surface area contributed by atoms with E-state index in [0.29, 0.717) is 6.54 Å². The van der Waals surface area contributed by atoms with Crippen LogP contribution in [0.2, 0.25) is 0 Å². The Bertz CT molecular complexity index is 355. The molecule has 16 heavy (non-hydrogen) atoms. The van der Waals surface area contributed by atoms with Crippen molar-refractivity contribution < 1.29 is 14.6 Å². The molecule has 0 aliphatic rings. The van der Waals surface area contributed by atoms with Crippen LogP contribution in [0.15, 0.2) is 18.3 Å². The predicted octanol–water partition coefficient (Wildman–Crippen LogP) is 0.687. The van der Waals surface area contributed by atoms with E-state index in [0.717, 1.165) is 12.2 Å². The molecular formula is C11H16N2O3. The number of nitrogens with zero attached hydrogens (tertiary/aromatic N) is 2. The van der Waals surface area contributed by atoms with Gasteiger partial charge in [0.05, 0.1) is 13.7 Å². The van der Waals surface area contributed by atoms with E-state index in [2.05, 4.69) is 9.72 Å². The minimum Gasteiger partial charge on any atom is -0.464 e. The Morgan fingerprint density at radius 2 is 2.38 bits per heavy atom. The van der Waals surface area contributed by atoms with E-state index in [1.165, 1.54) is 7.11 Å². The van der Waals surface area contributed by atoms with E-state index in [1.54, 1.807) is 18.3 Å². The zero-order valence-corrected chi connectivity index (χ0v) is 9.51. The van der Waals surface area contributed by atoms with Crippen LogP contribution in [-0.2, 0) is 4.74 Å². The Hall–Kier alpha value is -1.62. The van der Waals surface area contributed by atoms with E-state index in [1.807, 2.05) is 11.8 Å². The molecule has 0 aliphatic carbocycles. The molecule has 0 aromatic carbocycles. The van der Waals surface area contributed by atoms with E-state index >= 15 is 0 Å². The maximum absolute atomic E-state index is 11.3. The van der Waals surface area contributed by atoms with Crippen molar-refractivity contribution in [3.63, 3.8) is 0 Å². The Morgan fingerprint density at radius 3 is 2.94 bits per heavy atom. The average molecular weight is 224 g/mol. The largest absolute Gasteiger partial charge is 0.464 e. The number of methoxy groups -OCH3 is 1. The summed E-state index contributed by atoms with van der Waals surface area (Å²) < 4.78 is 4.60. The number of likely N-dealkylation sites (N-methyl/N-ethyl adjacent to an activating group) is 1. The molecule has 1 aromatic heterocycles. The topological polar surface area (TPSA) is 62.7 Å². The van der Waals surface area contributed by atoms with E-state index in [-0.39, 0.29) is 12.3 Å². The maximum Gasteiger partial charge on any atom is 0.356 e. The lowest BCUT2D eigenvalue weighted by molar-refractivity contribution is 0.0594.